The largest absolute Gasteiger partial charge is 0.355 e. The zero-order valence-electron chi connectivity index (χ0n) is 13.6. The zero-order chi connectivity index (χ0) is 15.8. The van der Waals surface area contributed by atoms with Gasteiger partial charge in [0.05, 0.1) is 23.6 Å². The summed E-state index contributed by atoms with van der Waals surface area (Å²) in [5, 5.41) is 3.07. The monoisotopic (exact) mass is 312 g/mol. The smallest absolute Gasteiger partial charge is 0.234 e. The van der Waals surface area contributed by atoms with Crippen LogP contribution in [0, 0.1) is 12.8 Å². The Morgan fingerprint density at radius 3 is 3.09 bits per heavy atom. The highest BCUT2D eigenvalue weighted by Crippen LogP contribution is 2.31. The topological polar surface area (TPSA) is 61.0 Å². The van der Waals surface area contributed by atoms with Crippen LogP contribution < -0.4 is 5.32 Å². The number of likely N-dealkylation sites (tertiary alicyclic amines) is 1. The lowest BCUT2D eigenvalue weighted by atomic mass is 10.2. The van der Waals surface area contributed by atoms with Gasteiger partial charge in [0.25, 0.3) is 0 Å². The first kappa shape index (κ1) is 14.7. The third-order valence-corrected chi connectivity index (χ3v) is 4.97. The summed E-state index contributed by atoms with van der Waals surface area (Å²) >= 11 is 0. The highest BCUT2D eigenvalue weighted by molar-refractivity contribution is 5.78. The molecule has 2 aliphatic rings. The van der Waals surface area contributed by atoms with Crippen LogP contribution in [0.3, 0.4) is 0 Å². The third-order valence-electron chi connectivity index (χ3n) is 4.97. The van der Waals surface area contributed by atoms with Gasteiger partial charge in [-0.3, -0.25) is 9.69 Å². The van der Waals surface area contributed by atoms with Gasteiger partial charge in [0.15, 0.2) is 0 Å². The zero-order valence-corrected chi connectivity index (χ0v) is 13.6. The Morgan fingerprint density at radius 1 is 1.39 bits per heavy atom. The van der Waals surface area contributed by atoms with Crippen LogP contribution in [0.2, 0.25) is 0 Å². The van der Waals surface area contributed by atoms with E-state index in [2.05, 4.69) is 40.3 Å². The molecule has 2 heterocycles. The Labute approximate surface area is 136 Å². The number of hydrogen-bond acceptors (Lipinski definition) is 3. The summed E-state index contributed by atoms with van der Waals surface area (Å²) in [6, 6.07) is 6.51. The second kappa shape index (κ2) is 5.96. The molecule has 0 spiro atoms. The molecule has 5 nitrogen and oxygen atoms in total. The molecule has 1 aromatic carbocycles. The molecular formula is C18H24N4O. The number of aryl methyl sites for hydroxylation is 1. The van der Waals surface area contributed by atoms with E-state index in [4.69, 9.17) is 4.98 Å². The summed E-state index contributed by atoms with van der Waals surface area (Å²) < 4.78 is 0. The maximum absolute atomic E-state index is 12.1. The summed E-state index contributed by atoms with van der Waals surface area (Å²) in [6.07, 6.45) is 4.72. The summed E-state index contributed by atoms with van der Waals surface area (Å²) in [7, 11) is 0. The first-order valence-corrected chi connectivity index (χ1v) is 8.66. The van der Waals surface area contributed by atoms with E-state index in [0.717, 1.165) is 48.7 Å². The Kier molecular flexibility index (Phi) is 3.81. The highest BCUT2D eigenvalue weighted by atomic mass is 16.2. The number of aromatic amines is 1. The van der Waals surface area contributed by atoms with E-state index in [1.54, 1.807) is 0 Å². The lowest BCUT2D eigenvalue weighted by molar-refractivity contribution is -0.122. The molecule has 2 aromatic rings. The van der Waals surface area contributed by atoms with Gasteiger partial charge in [-0.15, -0.1) is 0 Å². The van der Waals surface area contributed by atoms with E-state index < -0.39 is 0 Å². The van der Waals surface area contributed by atoms with Gasteiger partial charge >= 0.3 is 0 Å². The number of carbonyl (C=O) groups excluding carboxylic acids is 1. The van der Waals surface area contributed by atoms with E-state index in [1.807, 2.05) is 0 Å². The molecule has 0 bridgehead atoms. The first-order chi connectivity index (χ1) is 11.2. The van der Waals surface area contributed by atoms with Crippen molar-refractivity contribution in [3.05, 3.63) is 29.6 Å². The third kappa shape index (κ3) is 3.24. The van der Waals surface area contributed by atoms with Crippen LogP contribution in [0.4, 0.5) is 0 Å². The number of nitrogens with one attached hydrogen (secondary N) is 2. The van der Waals surface area contributed by atoms with Crippen LogP contribution in [-0.2, 0) is 4.79 Å². The van der Waals surface area contributed by atoms with Crippen LogP contribution in [0.1, 0.15) is 43.1 Å². The summed E-state index contributed by atoms with van der Waals surface area (Å²) in [5.74, 6) is 1.88. The summed E-state index contributed by atoms with van der Waals surface area (Å²) in [6.45, 7) is 4.39. The number of aromatic nitrogens is 2. The van der Waals surface area contributed by atoms with E-state index in [1.165, 1.54) is 18.4 Å². The minimum atomic E-state index is 0.149. The highest BCUT2D eigenvalue weighted by Gasteiger charge is 2.30. The van der Waals surface area contributed by atoms with Gasteiger partial charge in [-0.05, 0) is 62.8 Å². The average molecular weight is 312 g/mol. The van der Waals surface area contributed by atoms with Crippen molar-refractivity contribution in [2.24, 2.45) is 5.92 Å². The number of H-pyrrole nitrogens is 1. The number of fused-ring (bicyclic) bond motifs is 1. The molecule has 23 heavy (non-hydrogen) atoms. The van der Waals surface area contributed by atoms with Gasteiger partial charge in [-0.1, -0.05) is 6.07 Å². The van der Waals surface area contributed by atoms with Gasteiger partial charge in [-0.25, -0.2) is 4.98 Å². The minimum Gasteiger partial charge on any atom is -0.355 e. The SMILES string of the molecule is Cc1ccc2nc(C3CCCN3CC(=O)NCC3CC3)[nH]c2c1. The lowest BCUT2D eigenvalue weighted by Gasteiger charge is -2.22. The molecule has 122 valence electrons. The van der Waals surface area contributed by atoms with Crippen LogP contribution >= 0.6 is 0 Å². The predicted octanol–water partition coefficient (Wildman–Crippen LogP) is 2.53. The maximum Gasteiger partial charge on any atom is 0.234 e. The molecule has 1 aromatic heterocycles. The molecule has 4 rings (SSSR count). The number of rotatable bonds is 5. The van der Waals surface area contributed by atoms with Crippen molar-refractivity contribution >= 4 is 16.9 Å². The quantitative estimate of drug-likeness (QED) is 0.892. The number of imidazole rings is 1. The van der Waals surface area contributed by atoms with Gasteiger partial charge in [0.2, 0.25) is 5.91 Å². The molecule has 1 aliphatic heterocycles. The van der Waals surface area contributed by atoms with Crippen LogP contribution in [0.15, 0.2) is 18.2 Å². The fourth-order valence-electron chi connectivity index (χ4n) is 3.45. The first-order valence-electron chi connectivity index (χ1n) is 8.66. The van der Waals surface area contributed by atoms with Gasteiger partial charge < -0.3 is 10.3 Å². The molecule has 0 radical (unpaired) electrons. The summed E-state index contributed by atoms with van der Waals surface area (Å²) in [4.78, 5) is 22.6. The average Bonchev–Trinajstić information content (AvgIpc) is 3.09. The number of hydrogen-bond donors (Lipinski definition) is 2. The molecule has 1 saturated carbocycles. The molecule has 1 saturated heterocycles. The standard InChI is InChI=1S/C18H24N4O/c1-12-4-7-14-15(9-12)21-18(20-14)16-3-2-8-22(16)11-17(23)19-10-13-5-6-13/h4,7,9,13,16H,2-3,5-6,8,10-11H2,1H3,(H,19,23)(H,20,21). The van der Waals surface area contributed by atoms with Crippen molar-refractivity contribution in [2.75, 3.05) is 19.6 Å². The van der Waals surface area contributed by atoms with Crippen LogP contribution in [0.25, 0.3) is 11.0 Å². The fourth-order valence-corrected chi connectivity index (χ4v) is 3.45. The van der Waals surface area contributed by atoms with Crippen molar-refractivity contribution in [1.29, 1.82) is 0 Å². The van der Waals surface area contributed by atoms with Crippen molar-refractivity contribution < 1.29 is 4.79 Å². The lowest BCUT2D eigenvalue weighted by Crippen LogP contribution is -2.37. The molecule has 1 atom stereocenters. The normalized spacial score (nSPS) is 21.9. The fraction of sp³-hybridized carbons (Fsp3) is 0.556. The number of benzene rings is 1. The number of amides is 1. The van der Waals surface area contributed by atoms with Crippen molar-refractivity contribution in [1.82, 2.24) is 20.2 Å². The van der Waals surface area contributed by atoms with Crippen molar-refractivity contribution in [3.8, 4) is 0 Å². The van der Waals surface area contributed by atoms with Crippen molar-refractivity contribution in [2.45, 2.75) is 38.6 Å². The van der Waals surface area contributed by atoms with Crippen LogP contribution in [-0.4, -0.2) is 40.4 Å². The summed E-state index contributed by atoms with van der Waals surface area (Å²) in [5.41, 5.74) is 3.33. The Bertz CT molecular complexity index is 719. The van der Waals surface area contributed by atoms with Gasteiger partial charge in [0.1, 0.15) is 5.82 Å². The van der Waals surface area contributed by atoms with Crippen molar-refractivity contribution in [3.63, 3.8) is 0 Å². The molecule has 1 unspecified atom stereocenters. The van der Waals surface area contributed by atoms with E-state index in [-0.39, 0.29) is 11.9 Å². The minimum absolute atomic E-state index is 0.149. The predicted molar refractivity (Wildman–Crippen MR) is 90.1 cm³/mol. The second-order valence-electron chi connectivity index (χ2n) is 7.02. The molecule has 2 fully saturated rings. The number of nitrogens with zero attached hydrogens (tertiary/aromatic N) is 2. The van der Waals surface area contributed by atoms with E-state index in [0.29, 0.717) is 6.54 Å². The Balaban J connectivity index is 1.46. The van der Waals surface area contributed by atoms with Gasteiger partial charge in [0, 0.05) is 6.54 Å². The molecule has 2 N–H and O–H groups in total. The maximum atomic E-state index is 12.1. The molecule has 1 aliphatic carbocycles. The Hall–Kier alpha value is -1.88. The van der Waals surface area contributed by atoms with Gasteiger partial charge in [-0.2, -0.15) is 0 Å². The van der Waals surface area contributed by atoms with E-state index >= 15 is 0 Å². The molecule has 1 amide bonds. The van der Waals surface area contributed by atoms with E-state index in [9.17, 15) is 4.79 Å². The second-order valence-corrected chi connectivity index (χ2v) is 7.02. The van der Waals surface area contributed by atoms with Crippen LogP contribution in [0.5, 0.6) is 0 Å². The molecular weight excluding hydrogens is 288 g/mol. The Morgan fingerprint density at radius 2 is 2.26 bits per heavy atom. The molecule has 5 heteroatoms. The number of carbonyl (C=O) groups is 1.